The van der Waals surface area contributed by atoms with Crippen molar-refractivity contribution in [2.45, 2.75) is 45.6 Å². The Bertz CT molecular complexity index is 772. The number of hydrogen-bond donors (Lipinski definition) is 1. The van der Waals surface area contributed by atoms with Gasteiger partial charge in [0.05, 0.1) is 6.10 Å². The summed E-state index contributed by atoms with van der Waals surface area (Å²) in [5, 5.41) is 3.88. The van der Waals surface area contributed by atoms with E-state index in [0.29, 0.717) is 36.5 Å². The molecule has 3 rings (SSSR count). The predicted octanol–water partition coefficient (Wildman–Crippen LogP) is 2.16. The molecule has 1 aromatic rings. The van der Waals surface area contributed by atoms with Gasteiger partial charge in [0.2, 0.25) is 5.91 Å². The lowest BCUT2D eigenvalue weighted by atomic mass is 9.89. The van der Waals surface area contributed by atoms with Crippen LogP contribution in [0.5, 0.6) is 5.75 Å². The maximum atomic E-state index is 12.9. The molecule has 1 aromatic carbocycles. The van der Waals surface area contributed by atoms with E-state index in [1.54, 1.807) is 17.0 Å². The Morgan fingerprint density at radius 2 is 2.11 bits per heavy atom. The standard InChI is InChI=1S/C20H25N3O4/c1-13(2)27-16-7-3-5-14(11-16)19(25)15-6-4-10-23(12-15)20(26)17-8-9-18(24)22-21-17/h3,5,7,11,13,15H,4,6,8-10,12H2,1-2H3,(H,22,24). The van der Waals surface area contributed by atoms with E-state index in [-0.39, 0.29) is 36.0 Å². The highest BCUT2D eigenvalue weighted by molar-refractivity contribution is 6.39. The quantitative estimate of drug-likeness (QED) is 0.804. The van der Waals surface area contributed by atoms with Gasteiger partial charge >= 0.3 is 0 Å². The maximum absolute atomic E-state index is 12.9. The van der Waals surface area contributed by atoms with Crippen molar-refractivity contribution in [1.29, 1.82) is 0 Å². The zero-order valence-corrected chi connectivity index (χ0v) is 15.7. The summed E-state index contributed by atoms with van der Waals surface area (Å²) >= 11 is 0. The monoisotopic (exact) mass is 371 g/mol. The number of ketones is 1. The zero-order chi connectivity index (χ0) is 19.4. The molecular weight excluding hydrogens is 346 g/mol. The molecule has 0 aliphatic carbocycles. The fourth-order valence-corrected chi connectivity index (χ4v) is 3.42. The summed E-state index contributed by atoms with van der Waals surface area (Å²) in [7, 11) is 0. The van der Waals surface area contributed by atoms with E-state index in [2.05, 4.69) is 10.5 Å². The van der Waals surface area contributed by atoms with Gasteiger partial charge in [0.15, 0.2) is 5.78 Å². The van der Waals surface area contributed by atoms with Crippen molar-refractivity contribution in [3.8, 4) is 5.75 Å². The molecule has 7 heteroatoms. The second-order valence-electron chi connectivity index (χ2n) is 7.24. The van der Waals surface area contributed by atoms with Crippen LogP contribution >= 0.6 is 0 Å². The summed E-state index contributed by atoms with van der Waals surface area (Å²) in [5.41, 5.74) is 3.32. The van der Waals surface area contributed by atoms with Crippen LogP contribution in [0.15, 0.2) is 29.4 Å². The highest BCUT2D eigenvalue weighted by atomic mass is 16.5. The van der Waals surface area contributed by atoms with Gasteiger partial charge < -0.3 is 9.64 Å². The molecular formula is C20H25N3O4. The molecule has 0 bridgehead atoms. The summed E-state index contributed by atoms with van der Waals surface area (Å²) in [4.78, 5) is 38.5. The Balaban J connectivity index is 1.68. The summed E-state index contributed by atoms with van der Waals surface area (Å²) < 4.78 is 5.67. The van der Waals surface area contributed by atoms with E-state index in [1.165, 1.54) is 0 Å². The molecule has 1 saturated heterocycles. The van der Waals surface area contributed by atoms with Gasteiger partial charge in [-0.1, -0.05) is 12.1 Å². The van der Waals surface area contributed by atoms with E-state index in [0.717, 1.165) is 12.8 Å². The molecule has 2 aliphatic heterocycles. The Labute approximate surface area is 158 Å². The summed E-state index contributed by atoms with van der Waals surface area (Å²) in [6.45, 7) is 4.86. The van der Waals surface area contributed by atoms with Crippen LogP contribution in [0.2, 0.25) is 0 Å². The lowest BCUT2D eigenvalue weighted by Crippen LogP contribution is -2.46. The largest absolute Gasteiger partial charge is 0.491 e. The van der Waals surface area contributed by atoms with E-state index in [9.17, 15) is 14.4 Å². The number of ether oxygens (including phenoxy) is 1. The van der Waals surface area contributed by atoms with Crippen molar-refractivity contribution in [3.05, 3.63) is 29.8 Å². The molecule has 0 aromatic heterocycles. The number of nitrogens with one attached hydrogen (secondary N) is 1. The van der Waals surface area contributed by atoms with Crippen LogP contribution in [0.25, 0.3) is 0 Å². The molecule has 0 radical (unpaired) electrons. The zero-order valence-electron chi connectivity index (χ0n) is 15.7. The topological polar surface area (TPSA) is 88.1 Å². The minimum atomic E-state index is -0.240. The number of likely N-dealkylation sites (tertiary alicyclic amines) is 1. The predicted molar refractivity (Wildman–Crippen MR) is 101 cm³/mol. The van der Waals surface area contributed by atoms with Gasteiger partial charge in [-0.2, -0.15) is 5.10 Å². The molecule has 2 aliphatic rings. The van der Waals surface area contributed by atoms with Gasteiger partial charge in [-0.25, -0.2) is 5.43 Å². The first-order valence-corrected chi connectivity index (χ1v) is 9.39. The number of amides is 2. The number of Topliss-reactive ketones (excluding diaryl/α,β-unsaturated/α-hetero) is 1. The van der Waals surface area contributed by atoms with Crippen LogP contribution in [0.4, 0.5) is 0 Å². The van der Waals surface area contributed by atoms with Crippen LogP contribution in [-0.2, 0) is 9.59 Å². The number of piperidine rings is 1. The normalized spacial score (nSPS) is 20.1. The van der Waals surface area contributed by atoms with Crippen molar-refractivity contribution in [3.63, 3.8) is 0 Å². The van der Waals surface area contributed by atoms with Gasteiger partial charge in [-0.3, -0.25) is 14.4 Å². The third kappa shape index (κ3) is 4.72. The minimum Gasteiger partial charge on any atom is -0.491 e. The molecule has 27 heavy (non-hydrogen) atoms. The van der Waals surface area contributed by atoms with Gasteiger partial charge in [0.25, 0.3) is 5.91 Å². The van der Waals surface area contributed by atoms with E-state index < -0.39 is 0 Å². The molecule has 1 unspecified atom stereocenters. The molecule has 0 saturated carbocycles. The number of nitrogens with zero attached hydrogens (tertiary/aromatic N) is 2. The second kappa shape index (κ2) is 8.33. The van der Waals surface area contributed by atoms with Crippen molar-refractivity contribution in [2.75, 3.05) is 13.1 Å². The smallest absolute Gasteiger partial charge is 0.270 e. The number of rotatable bonds is 5. The van der Waals surface area contributed by atoms with E-state index in [1.807, 2.05) is 26.0 Å². The van der Waals surface area contributed by atoms with E-state index >= 15 is 0 Å². The van der Waals surface area contributed by atoms with Gasteiger partial charge in [0.1, 0.15) is 11.5 Å². The molecule has 2 amide bonds. The molecule has 1 N–H and O–H groups in total. The Kier molecular flexibility index (Phi) is 5.88. The first kappa shape index (κ1) is 19.1. The van der Waals surface area contributed by atoms with Crippen LogP contribution in [0, 0.1) is 5.92 Å². The highest BCUT2D eigenvalue weighted by Crippen LogP contribution is 2.24. The van der Waals surface area contributed by atoms with Gasteiger partial charge in [0, 0.05) is 37.4 Å². The van der Waals surface area contributed by atoms with Crippen LogP contribution in [0.3, 0.4) is 0 Å². The molecule has 2 heterocycles. The number of carbonyl (C=O) groups is 3. The fraction of sp³-hybridized carbons (Fsp3) is 0.500. The average Bonchev–Trinajstić information content (AvgIpc) is 2.67. The SMILES string of the molecule is CC(C)Oc1cccc(C(=O)C2CCCN(C(=O)C3=NNC(=O)CC3)C2)c1. The number of benzene rings is 1. The first-order valence-electron chi connectivity index (χ1n) is 9.39. The third-order valence-electron chi connectivity index (χ3n) is 4.72. The van der Waals surface area contributed by atoms with Crippen molar-refractivity contribution < 1.29 is 19.1 Å². The fourth-order valence-electron chi connectivity index (χ4n) is 3.42. The number of carbonyl (C=O) groups excluding carboxylic acids is 3. The highest BCUT2D eigenvalue weighted by Gasteiger charge is 2.31. The Hall–Kier alpha value is -2.70. The number of hydrazone groups is 1. The average molecular weight is 371 g/mol. The molecule has 1 atom stereocenters. The number of hydrogen-bond acceptors (Lipinski definition) is 5. The first-order chi connectivity index (χ1) is 12.9. The third-order valence-corrected chi connectivity index (χ3v) is 4.72. The summed E-state index contributed by atoms with van der Waals surface area (Å²) in [6, 6.07) is 7.21. The molecule has 144 valence electrons. The molecule has 7 nitrogen and oxygen atoms in total. The second-order valence-corrected chi connectivity index (χ2v) is 7.24. The van der Waals surface area contributed by atoms with Crippen LogP contribution in [-0.4, -0.2) is 47.4 Å². The van der Waals surface area contributed by atoms with Crippen LogP contribution in [0.1, 0.15) is 49.9 Å². The van der Waals surface area contributed by atoms with Gasteiger partial charge in [-0.15, -0.1) is 0 Å². The Morgan fingerprint density at radius 1 is 1.30 bits per heavy atom. The van der Waals surface area contributed by atoms with Crippen molar-refractivity contribution in [1.82, 2.24) is 10.3 Å². The Morgan fingerprint density at radius 3 is 2.81 bits per heavy atom. The molecule has 0 spiro atoms. The summed E-state index contributed by atoms with van der Waals surface area (Å²) in [6.07, 6.45) is 2.16. The van der Waals surface area contributed by atoms with Gasteiger partial charge in [-0.05, 0) is 38.8 Å². The summed E-state index contributed by atoms with van der Waals surface area (Å²) in [5.74, 6) is 0.0920. The minimum absolute atomic E-state index is 0.0283. The molecule has 1 fully saturated rings. The van der Waals surface area contributed by atoms with Crippen LogP contribution < -0.4 is 10.2 Å². The van der Waals surface area contributed by atoms with Crippen molar-refractivity contribution in [2.24, 2.45) is 11.0 Å². The maximum Gasteiger partial charge on any atom is 0.270 e. The lowest BCUT2D eigenvalue weighted by molar-refractivity contribution is -0.125. The van der Waals surface area contributed by atoms with E-state index in [4.69, 9.17) is 4.74 Å². The van der Waals surface area contributed by atoms with Crippen molar-refractivity contribution >= 4 is 23.3 Å². The lowest BCUT2D eigenvalue weighted by Gasteiger charge is -2.32.